The topological polar surface area (TPSA) is 53.1 Å². The molecule has 1 fully saturated rings. The third-order valence-electron chi connectivity index (χ3n) is 6.59. The van der Waals surface area contributed by atoms with Gasteiger partial charge in [0.25, 0.3) is 11.8 Å². The van der Waals surface area contributed by atoms with Gasteiger partial charge in [-0.1, -0.05) is 54.1 Å². The van der Waals surface area contributed by atoms with Gasteiger partial charge in [0.2, 0.25) is 0 Å². The predicted octanol–water partition coefficient (Wildman–Crippen LogP) is 5.10. The Bertz CT molecular complexity index is 1270. The van der Waals surface area contributed by atoms with Crippen molar-refractivity contribution in [3.05, 3.63) is 106 Å². The fraction of sp³-hybridized carbons (Fsp3) is 0.267. The van der Waals surface area contributed by atoms with Gasteiger partial charge in [0.15, 0.2) is 0 Å². The molecule has 1 aliphatic rings. The number of amides is 2. The van der Waals surface area contributed by atoms with Crippen LogP contribution in [0.15, 0.2) is 78.9 Å². The molecule has 0 spiro atoms. The van der Waals surface area contributed by atoms with E-state index in [1.165, 1.54) is 24.3 Å². The second kappa shape index (κ2) is 13.2. The number of methoxy groups -OCH3 is 1. The summed E-state index contributed by atoms with van der Waals surface area (Å²) in [6.07, 6.45) is 3.90. The van der Waals surface area contributed by atoms with E-state index >= 15 is 0 Å². The van der Waals surface area contributed by atoms with Crippen LogP contribution in [-0.4, -0.2) is 79.4 Å². The molecule has 2 amide bonds. The lowest BCUT2D eigenvalue weighted by Crippen LogP contribution is -2.50. The highest BCUT2D eigenvalue weighted by atomic mass is 35.5. The van der Waals surface area contributed by atoms with Crippen LogP contribution >= 0.6 is 11.6 Å². The Morgan fingerprint density at radius 1 is 0.974 bits per heavy atom. The Hall–Kier alpha value is -3.68. The van der Waals surface area contributed by atoms with Crippen molar-refractivity contribution in [1.29, 1.82) is 0 Å². The average Bonchev–Trinajstić information content (AvgIpc) is 2.95. The summed E-state index contributed by atoms with van der Waals surface area (Å²) in [5, 5.41) is 0.420. The van der Waals surface area contributed by atoms with E-state index in [9.17, 15) is 14.0 Å². The van der Waals surface area contributed by atoms with E-state index in [0.29, 0.717) is 62.0 Å². The minimum Gasteiger partial charge on any atom is -0.496 e. The molecule has 1 heterocycles. The zero-order valence-electron chi connectivity index (χ0n) is 21.4. The Morgan fingerprint density at radius 2 is 1.66 bits per heavy atom. The number of hydrogen-bond donors (Lipinski definition) is 0. The summed E-state index contributed by atoms with van der Waals surface area (Å²) < 4.78 is 18.6. The van der Waals surface area contributed by atoms with Crippen LogP contribution in [0.25, 0.3) is 6.08 Å². The summed E-state index contributed by atoms with van der Waals surface area (Å²) in [5.41, 5.74) is 1.88. The summed E-state index contributed by atoms with van der Waals surface area (Å²) in [6.45, 7) is 4.11. The number of benzene rings is 3. The fourth-order valence-electron chi connectivity index (χ4n) is 4.40. The van der Waals surface area contributed by atoms with E-state index in [-0.39, 0.29) is 17.6 Å². The number of ether oxygens (including phenoxy) is 1. The summed E-state index contributed by atoms with van der Waals surface area (Å²) in [7, 11) is 1.63. The number of carbonyl (C=O) groups is 2. The standard InChI is InChI=1S/C30H31ClFN3O3/c1-38-28-11-5-2-7-23(28)8-6-16-34(30(37)26-9-3-4-10-27(26)31)20-17-33-18-21-35(22-19-33)29(36)24-12-14-25(32)15-13-24/h2-15H,16-22H2,1H3. The number of para-hydroxylation sites is 1. The molecule has 1 aliphatic heterocycles. The second-order valence-electron chi connectivity index (χ2n) is 9.02. The Morgan fingerprint density at radius 3 is 2.37 bits per heavy atom. The molecule has 4 rings (SSSR count). The van der Waals surface area contributed by atoms with Crippen molar-refractivity contribution in [1.82, 2.24) is 14.7 Å². The summed E-state index contributed by atoms with van der Waals surface area (Å²) in [4.78, 5) is 32.0. The van der Waals surface area contributed by atoms with Gasteiger partial charge in [-0.2, -0.15) is 0 Å². The van der Waals surface area contributed by atoms with Crippen molar-refractivity contribution in [2.45, 2.75) is 0 Å². The molecule has 3 aromatic carbocycles. The molecule has 0 atom stereocenters. The van der Waals surface area contributed by atoms with E-state index in [0.717, 1.165) is 11.3 Å². The van der Waals surface area contributed by atoms with Crippen LogP contribution in [0.3, 0.4) is 0 Å². The molecule has 0 bridgehead atoms. The van der Waals surface area contributed by atoms with E-state index < -0.39 is 0 Å². The Balaban J connectivity index is 1.38. The molecular formula is C30H31ClFN3O3. The Kier molecular flexibility index (Phi) is 9.51. The number of piperazine rings is 1. The monoisotopic (exact) mass is 535 g/mol. The number of halogens is 2. The fourth-order valence-corrected chi connectivity index (χ4v) is 4.62. The lowest BCUT2D eigenvalue weighted by molar-refractivity contribution is 0.0609. The SMILES string of the molecule is COc1ccccc1C=CCN(CCN1CCN(C(=O)c2ccc(F)cc2)CC1)C(=O)c1ccccc1Cl. The van der Waals surface area contributed by atoms with Gasteiger partial charge in [-0.15, -0.1) is 0 Å². The van der Waals surface area contributed by atoms with Gasteiger partial charge in [-0.05, 0) is 42.5 Å². The van der Waals surface area contributed by atoms with Gasteiger partial charge in [0.05, 0.1) is 17.7 Å². The van der Waals surface area contributed by atoms with Crippen molar-refractivity contribution in [3.63, 3.8) is 0 Å². The molecule has 198 valence electrons. The summed E-state index contributed by atoms with van der Waals surface area (Å²) in [5.74, 6) is 0.174. The number of rotatable bonds is 9. The van der Waals surface area contributed by atoms with Crippen LogP contribution < -0.4 is 4.74 Å². The van der Waals surface area contributed by atoms with E-state index in [1.807, 2.05) is 36.4 Å². The van der Waals surface area contributed by atoms with Gasteiger partial charge >= 0.3 is 0 Å². The molecule has 0 N–H and O–H groups in total. The highest BCUT2D eigenvalue weighted by molar-refractivity contribution is 6.33. The van der Waals surface area contributed by atoms with Gasteiger partial charge in [-0.3, -0.25) is 14.5 Å². The maximum Gasteiger partial charge on any atom is 0.255 e. The molecular weight excluding hydrogens is 505 g/mol. The number of nitrogens with zero attached hydrogens (tertiary/aromatic N) is 3. The molecule has 3 aromatic rings. The maximum absolute atomic E-state index is 13.4. The molecule has 0 saturated carbocycles. The van der Waals surface area contributed by atoms with E-state index in [4.69, 9.17) is 16.3 Å². The third-order valence-corrected chi connectivity index (χ3v) is 6.92. The quantitative estimate of drug-likeness (QED) is 0.382. The van der Waals surface area contributed by atoms with Crippen LogP contribution in [0.1, 0.15) is 26.3 Å². The van der Waals surface area contributed by atoms with Gasteiger partial charge < -0.3 is 14.5 Å². The minimum absolute atomic E-state index is 0.0957. The van der Waals surface area contributed by atoms with E-state index in [1.54, 1.807) is 41.2 Å². The smallest absolute Gasteiger partial charge is 0.255 e. The van der Waals surface area contributed by atoms with Crippen LogP contribution in [-0.2, 0) is 0 Å². The lowest BCUT2D eigenvalue weighted by Gasteiger charge is -2.36. The normalized spacial score (nSPS) is 14.0. The maximum atomic E-state index is 13.4. The van der Waals surface area contributed by atoms with Crippen LogP contribution in [0.5, 0.6) is 5.75 Å². The highest BCUT2D eigenvalue weighted by Gasteiger charge is 2.24. The van der Waals surface area contributed by atoms with Crippen molar-refractivity contribution < 1.29 is 18.7 Å². The van der Waals surface area contributed by atoms with Gasteiger partial charge in [0.1, 0.15) is 11.6 Å². The molecule has 8 heteroatoms. The highest BCUT2D eigenvalue weighted by Crippen LogP contribution is 2.20. The van der Waals surface area contributed by atoms with Gasteiger partial charge in [-0.25, -0.2) is 4.39 Å². The van der Waals surface area contributed by atoms with Crippen LogP contribution in [0.4, 0.5) is 4.39 Å². The van der Waals surface area contributed by atoms with Crippen molar-refractivity contribution in [2.24, 2.45) is 0 Å². The molecule has 1 saturated heterocycles. The minimum atomic E-state index is -0.361. The number of hydrogen-bond acceptors (Lipinski definition) is 4. The van der Waals surface area contributed by atoms with Gasteiger partial charge in [0, 0.05) is 56.9 Å². The van der Waals surface area contributed by atoms with E-state index in [2.05, 4.69) is 4.90 Å². The second-order valence-corrected chi connectivity index (χ2v) is 9.42. The third kappa shape index (κ3) is 7.00. The zero-order valence-corrected chi connectivity index (χ0v) is 22.1. The van der Waals surface area contributed by atoms with Crippen molar-refractivity contribution in [3.8, 4) is 5.75 Å². The first-order valence-electron chi connectivity index (χ1n) is 12.6. The molecule has 38 heavy (non-hydrogen) atoms. The van der Waals surface area contributed by atoms with Crippen molar-refractivity contribution >= 4 is 29.5 Å². The van der Waals surface area contributed by atoms with Crippen LogP contribution in [0.2, 0.25) is 5.02 Å². The first kappa shape index (κ1) is 27.4. The summed E-state index contributed by atoms with van der Waals surface area (Å²) >= 11 is 6.34. The Labute approximate surface area is 227 Å². The summed E-state index contributed by atoms with van der Waals surface area (Å²) in [6, 6.07) is 20.4. The molecule has 0 radical (unpaired) electrons. The first-order chi connectivity index (χ1) is 18.5. The average molecular weight is 536 g/mol. The predicted molar refractivity (Wildman–Crippen MR) is 148 cm³/mol. The zero-order chi connectivity index (χ0) is 26.9. The molecule has 0 aromatic heterocycles. The lowest BCUT2D eigenvalue weighted by atomic mass is 10.1. The molecule has 6 nitrogen and oxygen atoms in total. The van der Waals surface area contributed by atoms with Crippen molar-refractivity contribution in [2.75, 3.05) is 52.9 Å². The number of carbonyl (C=O) groups excluding carboxylic acids is 2. The van der Waals surface area contributed by atoms with Crippen LogP contribution in [0, 0.1) is 5.82 Å². The molecule has 0 unspecified atom stereocenters. The largest absolute Gasteiger partial charge is 0.496 e. The first-order valence-corrected chi connectivity index (χ1v) is 12.9. The molecule has 0 aliphatic carbocycles.